The van der Waals surface area contributed by atoms with E-state index in [0.717, 1.165) is 21.7 Å². The first-order valence-electron chi connectivity index (χ1n) is 10.4. The highest BCUT2D eigenvalue weighted by Crippen LogP contribution is 2.25. The van der Waals surface area contributed by atoms with Crippen LogP contribution in [0.2, 0.25) is 0 Å². The van der Waals surface area contributed by atoms with Crippen molar-refractivity contribution in [1.29, 1.82) is 0 Å². The maximum Gasteiger partial charge on any atom is 0.409 e. The van der Waals surface area contributed by atoms with Gasteiger partial charge in [0.2, 0.25) is 5.91 Å². The van der Waals surface area contributed by atoms with Gasteiger partial charge in [0, 0.05) is 43.9 Å². The molecule has 0 aromatic carbocycles. The summed E-state index contributed by atoms with van der Waals surface area (Å²) >= 11 is 1.50. The molecule has 2 aromatic heterocycles. The molecule has 2 amide bonds. The number of hydrogen-bond donors (Lipinski definition) is 1. The van der Waals surface area contributed by atoms with E-state index in [1.165, 1.54) is 11.3 Å². The van der Waals surface area contributed by atoms with Gasteiger partial charge in [-0.3, -0.25) is 9.59 Å². The molecule has 0 bridgehead atoms. The van der Waals surface area contributed by atoms with E-state index >= 15 is 0 Å². The largest absolute Gasteiger partial charge is 0.449 e. The van der Waals surface area contributed by atoms with Crippen molar-refractivity contribution in [2.45, 2.75) is 47.0 Å². The van der Waals surface area contributed by atoms with Crippen LogP contribution in [0, 0.1) is 19.8 Å². The van der Waals surface area contributed by atoms with E-state index in [0.29, 0.717) is 56.3 Å². The van der Waals surface area contributed by atoms with Gasteiger partial charge in [0.15, 0.2) is 0 Å². The Morgan fingerprint density at radius 2 is 1.87 bits per heavy atom. The van der Waals surface area contributed by atoms with Gasteiger partial charge < -0.3 is 19.5 Å². The minimum absolute atomic E-state index is 0.00804. The third kappa shape index (κ3) is 5.19. The summed E-state index contributed by atoms with van der Waals surface area (Å²) in [5.41, 5.74) is 0.821. The first-order chi connectivity index (χ1) is 14.3. The number of aromatic nitrogens is 2. The van der Waals surface area contributed by atoms with Gasteiger partial charge in [-0.1, -0.05) is 13.8 Å². The number of aryl methyl sites for hydroxylation is 3. The lowest BCUT2D eigenvalue weighted by atomic mass is 10.2. The lowest BCUT2D eigenvalue weighted by Gasteiger charge is -2.22. The van der Waals surface area contributed by atoms with E-state index in [1.807, 2.05) is 27.7 Å². The van der Waals surface area contributed by atoms with E-state index in [-0.39, 0.29) is 24.0 Å². The molecule has 9 heteroatoms. The summed E-state index contributed by atoms with van der Waals surface area (Å²) in [6, 6.07) is 0. The number of hydrogen-bond acceptors (Lipinski definition) is 6. The summed E-state index contributed by atoms with van der Waals surface area (Å²) in [5, 5.41) is 0.643. The van der Waals surface area contributed by atoms with Crippen LogP contribution in [0.1, 0.15) is 43.0 Å². The van der Waals surface area contributed by atoms with Crippen LogP contribution in [-0.4, -0.2) is 64.6 Å². The highest BCUT2D eigenvalue weighted by Gasteiger charge is 2.23. The SMILES string of the molecule is Cc1sc2nc(CCC(=O)N3CCCN(C(=O)OCC(C)C)CC3)[nH]c(=O)c2c1C. The van der Waals surface area contributed by atoms with Crippen LogP contribution in [0.5, 0.6) is 0 Å². The average Bonchev–Trinajstić information content (AvgIpc) is 2.87. The van der Waals surface area contributed by atoms with E-state index in [2.05, 4.69) is 9.97 Å². The smallest absolute Gasteiger partial charge is 0.409 e. The number of amides is 2. The number of carbonyl (C=O) groups excluding carboxylic acids is 2. The summed E-state index contributed by atoms with van der Waals surface area (Å²) in [6.07, 6.45) is 1.07. The lowest BCUT2D eigenvalue weighted by Crippen LogP contribution is -2.38. The van der Waals surface area contributed by atoms with Crippen LogP contribution >= 0.6 is 11.3 Å². The normalized spacial score (nSPS) is 15.0. The Labute approximate surface area is 180 Å². The monoisotopic (exact) mass is 434 g/mol. The van der Waals surface area contributed by atoms with Gasteiger partial charge in [-0.05, 0) is 31.7 Å². The third-order valence-corrected chi connectivity index (χ3v) is 6.41. The van der Waals surface area contributed by atoms with E-state index in [4.69, 9.17) is 4.74 Å². The molecule has 1 aliphatic heterocycles. The maximum absolute atomic E-state index is 12.7. The predicted octanol–water partition coefficient (Wildman–Crippen LogP) is 2.86. The number of aromatic amines is 1. The second kappa shape index (κ2) is 9.59. The highest BCUT2D eigenvalue weighted by atomic mass is 32.1. The predicted molar refractivity (Wildman–Crippen MR) is 117 cm³/mol. The van der Waals surface area contributed by atoms with Crippen molar-refractivity contribution >= 4 is 33.6 Å². The van der Waals surface area contributed by atoms with Crippen molar-refractivity contribution in [3.63, 3.8) is 0 Å². The van der Waals surface area contributed by atoms with Crippen molar-refractivity contribution in [2.24, 2.45) is 5.92 Å². The zero-order valence-corrected chi connectivity index (χ0v) is 18.9. The Morgan fingerprint density at radius 3 is 2.60 bits per heavy atom. The van der Waals surface area contributed by atoms with Gasteiger partial charge in [0.1, 0.15) is 10.7 Å². The number of ether oxygens (including phenoxy) is 1. The van der Waals surface area contributed by atoms with Crippen molar-refractivity contribution in [1.82, 2.24) is 19.8 Å². The molecule has 30 heavy (non-hydrogen) atoms. The van der Waals surface area contributed by atoms with Gasteiger partial charge in [0.25, 0.3) is 5.56 Å². The zero-order valence-electron chi connectivity index (χ0n) is 18.1. The molecule has 164 valence electrons. The van der Waals surface area contributed by atoms with Gasteiger partial charge >= 0.3 is 6.09 Å². The summed E-state index contributed by atoms with van der Waals surface area (Å²) in [6.45, 7) is 10.5. The number of fused-ring (bicyclic) bond motifs is 1. The van der Waals surface area contributed by atoms with E-state index < -0.39 is 0 Å². The first kappa shape index (κ1) is 22.3. The topological polar surface area (TPSA) is 95.6 Å². The Hall–Kier alpha value is -2.42. The molecule has 1 N–H and O–H groups in total. The summed E-state index contributed by atoms with van der Waals surface area (Å²) in [7, 11) is 0. The van der Waals surface area contributed by atoms with Gasteiger partial charge in [-0.25, -0.2) is 9.78 Å². The van der Waals surface area contributed by atoms with E-state index in [9.17, 15) is 14.4 Å². The van der Waals surface area contributed by atoms with Crippen molar-refractivity contribution < 1.29 is 14.3 Å². The van der Waals surface area contributed by atoms with Crippen molar-refractivity contribution in [3.05, 3.63) is 26.6 Å². The molecule has 0 unspecified atom stereocenters. The number of carbonyl (C=O) groups is 2. The van der Waals surface area contributed by atoms with Crippen LogP contribution in [0.25, 0.3) is 10.2 Å². The van der Waals surface area contributed by atoms with Crippen LogP contribution in [-0.2, 0) is 16.0 Å². The second-order valence-corrected chi connectivity index (χ2v) is 9.37. The molecule has 1 aliphatic rings. The molecule has 2 aromatic rings. The molecule has 0 radical (unpaired) electrons. The maximum atomic E-state index is 12.7. The number of rotatable bonds is 5. The van der Waals surface area contributed by atoms with Crippen LogP contribution in [0.4, 0.5) is 4.79 Å². The molecular formula is C21H30N4O4S. The minimum Gasteiger partial charge on any atom is -0.449 e. The molecule has 8 nitrogen and oxygen atoms in total. The van der Waals surface area contributed by atoms with Crippen LogP contribution in [0.3, 0.4) is 0 Å². The Balaban J connectivity index is 1.56. The summed E-state index contributed by atoms with van der Waals surface area (Å²) in [4.78, 5) is 49.9. The molecule has 0 atom stereocenters. The second-order valence-electron chi connectivity index (χ2n) is 8.17. The molecule has 0 saturated carbocycles. The quantitative estimate of drug-likeness (QED) is 0.781. The number of thiophene rings is 1. The number of H-pyrrole nitrogens is 1. The average molecular weight is 435 g/mol. The lowest BCUT2D eigenvalue weighted by molar-refractivity contribution is -0.131. The molecule has 1 fully saturated rings. The summed E-state index contributed by atoms with van der Waals surface area (Å²) < 4.78 is 5.30. The molecule has 0 aliphatic carbocycles. The fourth-order valence-corrected chi connectivity index (χ4v) is 4.53. The Morgan fingerprint density at radius 1 is 1.17 bits per heavy atom. The van der Waals surface area contributed by atoms with Gasteiger partial charge in [0.05, 0.1) is 12.0 Å². The molecule has 3 heterocycles. The third-order valence-electron chi connectivity index (χ3n) is 5.31. The number of nitrogens with zero attached hydrogens (tertiary/aromatic N) is 3. The zero-order chi connectivity index (χ0) is 21.8. The molecule has 1 saturated heterocycles. The van der Waals surface area contributed by atoms with Crippen molar-refractivity contribution in [2.75, 3.05) is 32.8 Å². The first-order valence-corrected chi connectivity index (χ1v) is 11.3. The van der Waals surface area contributed by atoms with Crippen LogP contribution in [0.15, 0.2) is 4.79 Å². The standard InChI is InChI=1S/C21H30N4O4S/c1-13(2)12-29-21(28)25-9-5-8-24(10-11-25)17(26)7-6-16-22-19(27)18-14(3)15(4)30-20(18)23-16/h13H,5-12H2,1-4H3,(H,22,23,27). The summed E-state index contributed by atoms with van der Waals surface area (Å²) in [5.74, 6) is 0.838. The Bertz CT molecular complexity index is 981. The van der Waals surface area contributed by atoms with E-state index in [1.54, 1.807) is 9.80 Å². The fourth-order valence-electron chi connectivity index (χ4n) is 3.48. The fraction of sp³-hybridized carbons (Fsp3) is 0.619. The highest BCUT2D eigenvalue weighted by molar-refractivity contribution is 7.18. The van der Waals surface area contributed by atoms with Crippen molar-refractivity contribution in [3.8, 4) is 0 Å². The minimum atomic E-state index is -0.311. The molecular weight excluding hydrogens is 404 g/mol. The number of nitrogens with one attached hydrogen (secondary N) is 1. The molecule has 3 rings (SSSR count). The van der Waals surface area contributed by atoms with Gasteiger partial charge in [-0.15, -0.1) is 11.3 Å². The molecule has 0 spiro atoms. The van der Waals surface area contributed by atoms with Gasteiger partial charge in [-0.2, -0.15) is 0 Å². The van der Waals surface area contributed by atoms with Crippen LogP contribution < -0.4 is 5.56 Å². The Kier molecular flexibility index (Phi) is 7.12.